The fourth-order valence-corrected chi connectivity index (χ4v) is 2.48. The van der Waals surface area contributed by atoms with Crippen LogP contribution in [0, 0.1) is 0 Å². The van der Waals surface area contributed by atoms with Gasteiger partial charge in [0.15, 0.2) is 0 Å². The lowest BCUT2D eigenvalue weighted by Crippen LogP contribution is -2.45. The summed E-state index contributed by atoms with van der Waals surface area (Å²) < 4.78 is 1.07. The molecule has 0 amide bonds. The molecule has 0 spiro atoms. The molecule has 1 aliphatic heterocycles. The molecule has 2 heterocycles. The molecule has 1 aliphatic rings. The molecule has 1 fully saturated rings. The molecule has 0 unspecified atom stereocenters. The molecule has 3 nitrogen and oxygen atoms in total. The van der Waals surface area contributed by atoms with E-state index < -0.39 is 0 Å². The SMILES string of the molecule is CCN1CCN(Cc2cncc(Br)c2)CC1. The molecule has 0 saturated carbocycles. The summed E-state index contributed by atoms with van der Waals surface area (Å²) in [7, 11) is 0. The van der Waals surface area contributed by atoms with Crippen molar-refractivity contribution in [1.29, 1.82) is 0 Å². The Hall–Kier alpha value is -0.450. The van der Waals surface area contributed by atoms with Crippen LogP contribution in [0.1, 0.15) is 12.5 Å². The molecule has 1 saturated heterocycles. The number of halogens is 1. The maximum Gasteiger partial charge on any atom is 0.0410 e. The summed E-state index contributed by atoms with van der Waals surface area (Å²) in [6.07, 6.45) is 3.79. The lowest BCUT2D eigenvalue weighted by molar-refractivity contribution is 0.132. The van der Waals surface area contributed by atoms with Crippen molar-refractivity contribution in [1.82, 2.24) is 14.8 Å². The first-order valence-corrected chi connectivity index (χ1v) is 6.61. The van der Waals surface area contributed by atoms with Crippen molar-refractivity contribution in [2.24, 2.45) is 0 Å². The molecule has 0 N–H and O–H groups in total. The summed E-state index contributed by atoms with van der Waals surface area (Å²) in [5, 5.41) is 0. The van der Waals surface area contributed by atoms with Crippen LogP contribution in [0.3, 0.4) is 0 Å². The van der Waals surface area contributed by atoms with Gasteiger partial charge in [-0.3, -0.25) is 9.88 Å². The molecule has 0 aromatic carbocycles. The average molecular weight is 284 g/mol. The highest BCUT2D eigenvalue weighted by Crippen LogP contribution is 2.12. The Kier molecular flexibility index (Phi) is 4.32. The van der Waals surface area contributed by atoms with Gasteiger partial charge in [0.05, 0.1) is 0 Å². The molecule has 1 aromatic rings. The number of hydrogen-bond acceptors (Lipinski definition) is 3. The molecule has 88 valence electrons. The third-order valence-corrected chi connectivity index (χ3v) is 3.51. The van der Waals surface area contributed by atoms with Crippen molar-refractivity contribution in [3.05, 3.63) is 28.5 Å². The largest absolute Gasteiger partial charge is 0.301 e. The standard InChI is InChI=1S/C12H18BrN3/c1-2-15-3-5-16(6-4-15)10-11-7-12(13)9-14-8-11/h7-9H,2-6,10H2,1H3. The average Bonchev–Trinajstić information content (AvgIpc) is 2.30. The molecular formula is C12H18BrN3. The third kappa shape index (κ3) is 3.27. The summed E-state index contributed by atoms with van der Waals surface area (Å²) in [6.45, 7) is 9.14. The smallest absolute Gasteiger partial charge is 0.0410 e. The van der Waals surface area contributed by atoms with Gasteiger partial charge in [0, 0.05) is 49.6 Å². The zero-order chi connectivity index (χ0) is 11.4. The molecular weight excluding hydrogens is 266 g/mol. The van der Waals surface area contributed by atoms with E-state index in [9.17, 15) is 0 Å². The molecule has 4 heteroatoms. The van der Waals surface area contributed by atoms with Crippen LogP contribution in [0.15, 0.2) is 22.9 Å². The summed E-state index contributed by atoms with van der Waals surface area (Å²) >= 11 is 3.46. The highest BCUT2D eigenvalue weighted by Gasteiger charge is 2.15. The van der Waals surface area contributed by atoms with Gasteiger partial charge in [-0.2, -0.15) is 0 Å². The number of aromatic nitrogens is 1. The lowest BCUT2D eigenvalue weighted by atomic mass is 10.2. The highest BCUT2D eigenvalue weighted by molar-refractivity contribution is 9.10. The molecule has 1 aromatic heterocycles. The highest BCUT2D eigenvalue weighted by atomic mass is 79.9. The molecule has 0 radical (unpaired) electrons. The Morgan fingerprint density at radius 1 is 1.19 bits per heavy atom. The van der Waals surface area contributed by atoms with E-state index in [1.807, 2.05) is 12.4 Å². The van der Waals surface area contributed by atoms with E-state index in [-0.39, 0.29) is 0 Å². The van der Waals surface area contributed by atoms with Gasteiger partial charge in [-0.25, -0.2) is 0 Å². The Bertz CT molecular complexity index is 335. The van der Waals surface area contributed by atoms with Crippen LogP contribution < -0.4 is 0 Å². The van der Waals surface area contributed by atoms with Gasteiger partial charge in [-0.15, -0.1) is 0 Å². The maximum absolute atomic E-state index is 4.20. The number of pyridine rings is 1. The number of nitrogens with zero attached hydrogens (tertiary/aromatic N) is 3. The molecule has 0 aliphatic carbocycles. The zero-order valence-electron chi connectivity index (χ0n) is 9.69. The Morgan fingerprint density at radius 2 is 1.88 bits per heavy atom. The van der Waals surface area contributed by atoms with E-state index in [0.717, 1.165) is 11.0 Å². The summed E-state index contributed by atoms with van der Waals surface area (Å²) in [4.78, 5) is 9.19. The number of likely N-dealkylation sites (N-methyl/N-ethyl adjacent to an activating group) is 1. The van der Waals surface area contributed by atoms with Crippen LogP contribution >= 0.6 is 15.9 Å². The quantitative estimate of drug-likeness (QED) is 0.846. The fourth-order valence-electron chi connectivity index (χ4n) is 2.06. The van der Waals surface area contributed by atoms with E-state index in [0.29, 0.717) is 0 Å². The number of piperazine rings is 1. The van der Waals surface area contributed by atoms with E-state index in [1.165, 1.54) is 38.3 Å². The topological polar surface area (TPSA) is 19.4 Å². The second-order valence-electron chi connectivity index (χ2n) is 4.22. The first-order valence-electron chi connectivity index (χ1n) is 5.82. The zero-order valence-corrected chi connectivity index (χ0v) is 11.3. The van der Waals surface area contributed by atoms with Gasteiger partial charge in [0.1, 0.15) is 0 Å². The minimum atomic E-state index is 1.02. The first-order chi connectivity index (χ1) is 7.78. The van der Waals surface area contributed by atoms with Gasteiger partial charge < -0.3 is 4.90 Å². The van der Waals surface area contributed by atoms with Crippen LogP contribution in [0.4, 0.5) is 0 Å². The van der Waals surface area contributed by atoms with Crippen molar-refractivity contribution in [2.75, 3.05) is 32.7 Å². The van der Waals surface area contributed by atoms with Crippen molar-refractivity contribution in [3.8, 4) is 0 Å². The monoisotopic (exact) mass is 283 g/mol. The molecule has 0 bridgehead atoms. The third-order valence-electron chi connectivity index (χ3n) is 3.08. The summed E-state index contributed by atoms with van der Waals surface area (Å²) in [5.74, 6) is 0. The predicted octanol–water partition coefficient (Wildman–Crippen LogP) is 1.98. The number of hydrogen-bond donors (Lipinski definition) is 0. The van der Waals surface area contributed by atoms with E-state index in [4.69, 9.17) is 0 Å². The van der Waals surface area contributed by atoms with Crippen LogP contribution in [-0.4, -0.2) is 47.5 Å². The Balaban J connectivity index is 1.87. The van der Waals surface area contributed by atoms with Gasteiger partial charge in [0.25, 0.3) is 0 Å². The predicted molar refractivity (Wildman–Crippen MR) is 69.3 cm³/mol. The van der Waals surface area contributed by atoms with Crippen molar-refractivity contribution >= 4 is 15.9 Å². The van der Waals surface area contributed by atoms with E-state index >= 15 is 0 Å². The molecule has 16 heavy (non-hydrogen) atoms. The van der Waals surface area contributed by atoms with Crippen LogP contribution in [0.25, 0.3) is 0 Å². The van der Waals surface area contributed by atoms with E-state index in [2.05, 4.69) is 43.7 Å². The van der Waals surface area contributed by atoms with Crippen molar-refractivity contribution in [2.45, 2.75) is 13.5 Å². The second kappa shape index (κ2) is 5.75. The minimum Gasteiger partial charge on any atom is -0.301 e. The molecule has 2 rings (SSSR count). The van der Waals surface area contributed by atoms with Crippen LogP contribution in [0.5, 0.6) is 0 Å². The lowest BCUT2D eigenvalue weighted by Gasteiger charge is -2.33. The summed E-state index contributed by atoms with van der Waals surface area (Å²) in [5.41, 5.74) is 1.29. The second-order valence-corrected chi connectivity index (χ2v) is 5.14. The van der Waals surface area contributed by atoms with Crippen LogP contribution in [0.2, 0.25) is 0 Å². The van der Waals surface area contributed by atoms with Gasteiger partial charge in [-0.05, 0) is 34.1 Å². The summed E-state index contributed by atoms with van der Waals surface area (Å²) in [6, 6.07) is 2.15. The van der Waals surface area contributed by atoms with Crippen molar-refractivity contribution < 1.29 is 0 Å². The van der Waals surface area contributed by atoms with Crippen LogP contribution in [-0.2, 0) is 6.54 Å². The Morgan fingerprint density at radius 3 is 2.50 bits per heavy atom. The minimum absolute atomic E-state index is 1.02. The fraction of sp³-hybridized carbons (Fsp3) is 0.583. The van der Waals surface area contributed by atoms with E-state index in [1.54, 1.807) is 0 Å². The van der Waals surface area contributed by atoms with Gasteiger partial charge in [-0.1, -0.05) is 6.92 Å². The van der Waals surface area contributed by atoms with Gasteiger partial charge >= 0.3 is 0 Å². The van der Waals surface area contributed by atoms with Crippen molar-refractivity contribution in [3.63, 3.8) is 0 Å². The number of rotatable bonds is 3. The Labute approximate surface area is 106 Å². The molecule has 0 atom stereocenters. The maximum atomic E-state index is 4.20. The van der Waals surface area contributed by atoms with Gasteiger partial charge in [0.2, 0.25) is 0 Å². The normalized spacial score (nSPS) is 18.9. The first kappa shape index (κ1) is 12.0.